The van der Waals surface area contributed by atoms with Gasteiger partial charge in [-0.25, -0.2) is 4.98 Å². The third kappa shape index (κ3) is 2.07. The van der Waals surface area contributed by atoms with Gasteiger partial charge in [0, 0.05) is 31.5 Å². The molecule has 1 saturated carbocycles. The molecule has 0 aliphatic heterocycles. The van der Waals surface area contributed by atoms with Crippen LogP contribution in [0.2, 0.25) is 0 Å². The Hall–Kier alpha value is -1.03. The van der Waals surface area contributed by atoms with Gasteiger partial charge in [0.25, 0.3) is 0 Å². The minimum atomic E-state index is 0.289. The Morgan fingerprint density at radius 3 is 3.14 bits per heavy atom. The van der Waals surface area contributed by atoms with Gasteiger partial charge in [-0.1, -0.05) is 0 Å². The van der Waals surface area contributed by atoms with Crippen LogP contribution in [-0.2, 0) is 6.54 Å². The lowest BCUT2D eigenvalue weighted by molar-refractivity contribution is 0.615. The number of nitrogens with zero attached hydrogens (tertiary/aromatic N) is 2. The van der Waals surface area contributed by atoms with Crippen LogP contribution < -0.4 is 11.1 Å². The zero-order valence-corrected chi connectivity index (χ0v) is 8.61. The Morgan fingerprint density at radius 2 is 2.50 bits per heavy atom. The second-order valence-electron chi connectivity index (χ2n) is 3.92. The van der Waals surface area contributed by atoms with Gasteiger partial charge in [-0.15, -0.1) is 0 Å². The molecule has 0 amide bonds. The Balaban J connectivity index is 1.84. The molecule has 1 aromatic heterocycles. The summed E-state index contributed by atoms with van der Waals surface area (Å²) in [6, 6.07) is 0.289. The second-order valence-corrected chi connectivity index (χ2v) is 3.92. The van der Waals surface area contributed by atoms with Gasteiger partial charge in [0.2, 0.25) is 5.95 Å². The van der Waals surface area contributed by atoms with Crippen molar-refractivity contribution in [2.24, 2.45) is 11.7 Å². The highest BCUT2D eigenvalue weighted by Gasteiger charge is 2.28. The molecule has 1 heterocycles. The van der Waals surface area contributed by atoms with E-state index in [1.54, 1.807) is 0 Å². The zero-order chi connectivity index (χ0) is 9.97. The summed E-state index contributed by atoms with van der Waals surface area (Å²) < 4.78 is 2.08. The van der Waals surface area contributed by atoms with Gasteiger partial charge < -0.3 is 15.6 Å². The fraction of sp³-hybridized carbons (Fsp3) is 0.700. The van der Waals surface area contributed by atoms with Gasteiger partial charge in [0.1, 0.15) is 0 Å². The normalized spacial score (nSPS) is 18.1. The third-order valence-electron chi connectivity index (χ3n) is 2.78. The molecule has 1 aliphatic carbocycles. The van der Waals surface area contributed by atoms with Crippen LogP contribution in [0.1, 0.15) is 19.8 Å². The fourth-order valence-electron chi connectivity index (χ4n) is 1.63. The first-order chi connectivity index (χ1) is 6.81. The quantitative estimate of drug-likeness (QED) is 0.736. The molecule has 0 spiro atoms. The van der Waals surface area contributed by atoms with E-state index in [4.69, 9.17) is 5.73 Å². The van der Waals surface area contributed by atoms with Gasteiger partial charge in [-0.3, -0.25) is 0 Å². The molecule has 0 radical (unpaired) electrons. The minimum Gasteiger partial charge on any atom is -0.354 e. The van der Waals surface area contributed by atoms with E-state index in [9.17, 15) is 0 Å². The molecule has 0 aromatic carbocycles. The number of hydrogen-bond acceptors (Lipinski definition) is 3. The number of aryl methyl sites for hydroxylation is 1. The number of rotatable bonds is 5. The molecule has 3 N–H and O–H groups in total. The molecule has 1 aromatic rings. The number of nitrogens with two attached hydrogens (primary N) is 1. The van der Waals surface area contributed by atoms with Crippen molar-refractivity contribution in [3.63, 3.8) is 0 Å². The summed E-state index contributed by atoms with van der Waals surface area (Å²) >= 11 is 0. The van der Waals surface area contributed by atoms with Gasteiger partial charge in [0.15, 0.2) is 0 Å². The van der Waals surface area contributed by atoms with E-state index < -0.39 is 0 Å². The summed E-state index contributed by atoms with van der Waals surface area (Å²) in [4.78, 5) is 4.24. The molecule has 4 heteroatoms. The predicted octanol–water partition coefficient (Wildman–Crippen LogP) is 1.05. The number of imidazole rings is 1. The van der Waals surface area contributed by atoms with Crippen molar-refractivity contribution in [3.8, 4) is 0 Å². The van der Waals surface area contributed by atoms with Crippen molar-refractivity contribution < 1.29 is 0 Å². The number of hydrogen-bond donors (Lipinski definition) is 2. The molecule has 2 rings (SSSR count). The van der Waals surface area contributed by atoms with Gasteiger partial charge in [-0.2, -0.15) is 0 Å². The van der Waals surface area contributed by atoms with Crippen molar-refractivity contribution in [2.45, 2.75) is 32.4 Å². The van der Waals surface area contributed by atoms with E-state index in [1.807, 2.05) is 12.4 Å². The number of aromatic nitrogens is 2. The zero-order valence-electron chi connectivity index (χ0n) is 8.61. The molecular formula is C10H18N4. The first kappa shape index (κ1) is 9.52. The molecule has 1 fully saturated rings. The van der Waals surface area contributed by atoms with Gasteiger partial charge >= 0.3 is 0 Å². The summed E-state index contributed by atoms with van der Waals surface area (Å²) in [6.07, 6.45) is 6.38. The number of nitrogens with one attached hydrogen (secondary N) is 1. The lowest BCUT2D eigenvalue weighted by Gasteiger charge is -2.12. The molecule has 1 aliphatic rings. The Morgan fingerprint density at radius 1 is 1.71 bits per heavy atom. The molecular weight excluding hydrogens is 176 g/mol. The van der Waals surface area contributed by atoms with E-state index in [0.717, 1.165) is 25.0 Å². The smallest absolute Gasteiger partial charge is 0.202 e. The van der Waals surface area contributed by atoms with Crippen LogP contribution in [0, 0.1) is 5.92 Å². The Labute approximate surface area is 84.5 Å². The summed E-state index contributed by atoms with van der Waals surface area (Å²) in [6.45, 7) is 3.89. The van der Waals surface area contributed by atoms with Gasteiger partial charge in [-0.05, 0) is 25.7 Å². The Kier molecular flexibility index (Phi) is 2.72. The van der Waals surface area contributed by atoms with Crippen molar-refractivity contribution in [3.05, 3.63) is 12.4 Å². The second kappa shape index (κ2) is 4.00. The van der Waals surface area contributed by atoms with E-state index in [1.165, 1.54) is 12.8 Å². The molecule has 4 nitrogen and oxygen atoms in total. The average molecular weight is 194 g/mol. The third-order valence-corrected chi connectivity index (χ3v) is 2.78. The summed E-state index contributed by atoms with van der Waals surface area (Å²) in [5.74, 6) is 1.68. The topological polar surface area (TPSA) is 55.9 Å². The highest BCUT2D eigenvalue weighted by atomic mass is 15.2. The Bertz CT molecular complexity index is 290. The summed E-state index contributed by atoms with van der Waals surface area (Å²) in [7, 11) is 0. The maximum absolute atomic E-state index is 5.99. The predicted molar refractivity (Wildman–Crippen MR) is 57.1 cm³/mol. The van der Waals surface area contributed by atoms with Crippen LogP contribution in [0.15, 0.2) is 12.4 Å². The number of anilines is 1. The molecule has 0 saturated heterocycles. The molecule has 1 unspecified atom stereocenters. The van der Waals surface area contributed by atoms with Crippen LogP contribution in [0.5, 0.6) is 0 Å². The van der Waals surface area contributed by atoms with E-state index >= 15 is 0 Å². The fourth-order valence-corrected chi connectivity index (χ4v) is 1.63. The van der Waals surface area contributed by atoms with Crippen LogP contribution in [-0.4, -0.2) is 22.1 Å². The molecule has 0 bridgehead atoms. The van der Waals surface area contributed by atoms with Gasteiger partial charge in [0.05, 0.1) is 0 Å². The highest BCUT2D eigenvalue weighted by Crippen LogP contribution is 2.31. The molecule has 14 heavy (non-hydrogen) atoms. The standard InChI is InChI=1S/C10H18N4/c1-2-14-6-5-12-10(14)13-7-9(11)8-3-4-8/h5-6,8-9H,2-4,7,11H2,1H3,(H,12,13). The minimum absolute atomic E-state index is 0.289. The van der Waals surface area contributed by atoms with Crippen LogP contribution in [0.4, 0.5) is 5.95 Å². The van der Waals surface area contributed by atoms with Crippen molar-refractivity contribution >= 4 is 5.95 Å². The average Bonchev–Trinajstić information content (AvgIpc) is 2.94. The molecule has 78 valence electrons. The maximum Gasteiger partial charge on any atom is 0.202 e. The summed E-state index contributed by atoms with van der Waals surface area (Å²) in [5, 5.41) is 3.29. The largest absolute Gasteiger partial charge is 0.354 e. The van der Waals surface area contributed by atoms with Crippen LogP contribution in [0.3, 0.4) is 0 Å². The first-order valence-corrected chi connectivity index (χ1v) is 5.32. The lowest BCUT2D eigenvalue weighted by Crippen LogP contribution is -2.31. The van der Waals surface area contributed by atoms with E-state index in [0.29, 0.717) is 0 Å². The van der Waals surface area contributed by atoms with Crippen molar-refractivity contribution in [1.82, 2.24) is 9.55 Å². The van der Waals surface area contributed by atoms with Crippen molar-refractivity contribution in [1.29, 1.82) is 0 Å². The summed E-state index contributed by atoms with van der Waals surface area (Å²) in [5.41, 5.74) is 5.99. The maximum atomic E-state index is 5.99. The molecule has 1 atom stereocenters. The first-order valence-electron chi connectivity index (χ1n) is 5.32. The van der Waals surface area contributed by atoms with E-state index in [-0.39, 0.29) is 6.04 Å². The van der Waals surface area contributed by atoms with E-state index in [2.05, 4.69) is 21.8 Å². The monoisotopic (exact) mass is 194 g/mol. The lowest BCUT2D eigenvalue weighted by atomic mass is 10.2. The van der Waals surface area contributed by atoms with Crippen LogP contribution >= 0.6 is 0 Å². The van der Waals surface area contributed by atoms with Crippen LogP contribution in [0.25, 0.3) is 0 Å². The SMILES string of the molecule is CCn1ccnc1NCC(N)C1CC1. The highest BCUT2D eigenvalue weighted by molar-refractivity contribution is 5.26. The van der Waals surface area contributed by atoms with Crippen molar-refractivity contribution in [2.75, 3.05) is 11.9 Å².